The van der Waals surface area contributed by atoms with Crippen LogP contribution in [-0.2, 0) is 6.54 Å². The van der Waals surface area contributed by atoms with Crippen molar-refractivity contribution in [3.63, 3.8) is 0 Å². The minimum atomic E-state index is -0.718. The molecule has 0 spiro atoms. The molecule has 3 nitrogen and oxygen atoms in total. The Morgan fingerprint density at radius 2 is 2.06 bits per heavy atom. The fourth-order valence-corrected chi connectivity index (χ4v) is 2.29. The Morgan fingerprint density at radius 3 is 2.61 bits per heavy atom. The van der Waals surface area contributed by atoms with E-state index in [-0.39, 0.29) is 0 Å². The van der Waals surface area contributed by atoms with Crippen molar-refractivity contribution in [2.45, 2.75) is 26.0 Å². The second-order valence-electron chi connectivity index (χ2n) is 5.41. The maximum Gasteiger partial charge on any atom is 0.0869 e. The standard InChI is InChI=1S/C14H23ClN2O/c1-11-7-13(15)6-5-12(11)8-16-9-14(2,18)10-17(3)4/h5-7,16,18H,8-10H2,1-4H3/t14-/m0/s1. The lowest BCUT2D eigenvalue weighted by molar-refractivity contribution is 0.0336. The monoisotopic (exact) mass is 270 g/mol. The average molecular weight is 271 g/mol. The fourth-order valence-electron chi connectivity index (χ4n) is 2.06. The van der Waals surface area contributed by atoms with Crippen molar-refractivity contribution >= 4 is 11.6 Å². The molecule has 0 heterocycles. The van der Waals surface area contributed by atoms with E-state index >= 15 is 0 Å². The van der Waals surface area contributed by atoms with Crippen LogP contribution in [0.5, 0.6) is 0 Å². The number of nitrogens with one attached hydrogen (secondary N) is 1. The van der Waals surface area contributed by atoms with Crippen LogP contribution in [0.15, 0.2) is 18.2 Å². The molecule has 1 aromatic rings. The zero-order valence-electron chi connectivity index (χ0n) is 11.6. The van der Waals surface area contributed by atoms with Gasteiger partial charge in [-0.1, -0.05) is 17.7 Å². The van der Waals surface area contributed by atoms with Gasteiger partial charge in [0, 0.05) is 24.7 Å². The minimum Gasteiger partial charge on any atom is -0.388 e. The van der Waals surface area contributed by atoms with Crippen LogP contribution in [0.1, 0.15) is 18.1 Å². The largest absolute Gasteiger partial charge is 0.388 e. The highest BCUT2D eigenvalue weighted by Crippen LogP contribution is 2.15. The quantitative estimate of drug-likeness (QED) is 0.831. The van der Waals surface area contributed by atoms with Crippen LogP contribution in [0.2, 0.25) is 5.02 Å². The van der Waals surface area contributed by atoms with Crippen molar-refractivity contribution in [2.24, 2.45) is 0 Å². The molecule has 0 saturated heterocycles. The van der Waals surface area contributed by atoms with E-state index in [0.29, 0.717) is 13.1 Å². The van der Waals surface area contributed by atoms with Crippen molar-refractivity contribution in [1.82, 2.24) is 10.2 Å². The van der Waals surface area contributed by atoms with E-state index in [1.54, 1.807) is 0 Å². The predicted molar refractivity (Wildman–Crippen MR) is 77.1 cm³/mol. The maximum atomic E-state index is 10.2. The number of aryl methyl sites for hydroxylation is 1. The van der Waals surface area contributed by atoms with Crippen LogP contribution in [0.4, 0.5) is 0 Å². The topological polar surface area (TPSA) is 35.5 Å². The van der Waals surface area contributed by atoms with Crippen LogP contribution in [0.25, 0.3) is 0 Å². The number of nitrogens with zero attached hydrogens (tertiary/aromatic N) is 1. The van der Waals surface area contributed by atoms with E-state index in [4.69, 9.17) is 11.6 Å². The third-order valence-corrected chi connectivity index (χ3v) is 3.02. The first-order valence-electron chi connectivity index (χ1n) is 6.13. The van der Waals surface area contributed by atoms with Gasteiger partial charge in [0.05, 0.1) is 5.60 Å². The van der Waals surface area contributed by atoms with E-state index < -0.39 is 5.60 Å². The molecule has 0 aliphatic heterocycles. The molecule has 1 rings (SSSR count). The number of benzene rings is 1. The van der Waals surface area contributed by atoms with Crippen molar-refractivity contribution in [2.75, 3.05) is 27.2 Å². The summed E-state index contributed by atoms with van der Waals surface area (Å²) in [4.78, 5) is 1.98. The molecule has 0 aliphatic rings. The molecular weight excluding hydrogens is 248 g/mol. The van der Waals surface area contributed by atoms with Gasteiger partial charge in [0.15, 0.2) is 0 Å². The molecule has 4 heteroatoms. The molecule has 0 radical (unpaired) electrons. The molecule has 0 fully saturated rings. The highest BCUT2D eigenvalue weighted by molar-refractivity contribution is 6.30. The van der Waals surface area contributed by atoms with Crippen LogP contribution < -0.4 is 5.32 Å². The Morgan fingerprint density at radius 1 is 1.39 bits per heavy atom. The zero-order chi connectivity index (χ0) is 13.8. The molecule has 18 heavy (non-hydrogen) atoms. The smallest absolute Gasteiger partial charge is 0.0869 e. The number of hydrogen-bond acceptors (Lipinski definition) is 3. The van der Waals surface area contributed by atoms with Gasteiger partial charge in [-0.15, -0.1) is 0 Å². The number of likely N-dealkylation sites (N-methyl/N-ethyl adjacent to an activating group) is 1. The van der Waals surface area contributed by atoms with Crippen molar-refractivity contribution in [3.8, 4) is 0 Å². The Kier molecular flexibility index (Phi) is 5.60. The molecule has 2 N–H and O–H groups in total. The number of rotatable bonds is 6. The summed E-state index contributed by atoms with van der Waals surface area (Å²) < 4.78 is 0. The third-order valence-electron chi connectivity index (χ3n) is 2.78. The Labute approximate surface area is 115 Å². The lowest BCUT2D eigenvalue weighted by Gasteiger charge is -2.27. The predicted octanol–water partition coefficient (Wildman–Crippen LogP) is 2.05. The van der Waals surface area contributed by atoms with Crippen LogP contribution >= 0.6 is 11.6 Å². The molecule has 0 aromatic heterocycles. The molecule has 1 atom stereocenters. The zero-order valence-corrected chi connectivity index (χ0v) is 12.4. The average Bonchev–Trinajstić information content (AvgIpc) is 2.19. The summed E-state index contributed by atoms with van der Waals surface area (Å²) in [7, 11) is 3.91. The van der Waals surface area contributed by atoms with Gasteiger partial charge >= 0.3 is 0 Å². The fraction of sp³-hybridized carbons (Fsp3) is 0.571. The van der Waals surface area contributed by atoms with Gasteiger partial charge in [-0.25, -0.2) is 0 Å². The van der Waals surface area contributed by atoms with Gasteiger partial charge < -0.3 is 15.3 Å². The summed E-state index contributed by atoms with van der Waals surface area (Å²) in [5.41, 5.74) is 1.66. The van der Waals surface area contributed by atoms with E-state index in [2.05, 4.69) is 5.32 Å². The number of hydrogen-bond donors (Lipinski definition) is 2. The van der Waals surface area contributed by atoms with Crippen molar-refractivity contribution < 1.29 is 5.11 Å². The first kappa shape index (κ1) is 15.4. The molecular formula is C14H23ClN2O. The van der Waals surface area contributed by atoms with Crippen molar-refractivity contribution in [1.29, 1.82) is 0 Å². The van der Waals surface area contributed by atoms with Gasteiger partial charge in [-0.2, -0.15) is 0 Å². The second-order valence-corrected chi connectivity index (χ2v) is 5.85. The minimum absolute atomic E-state index is 0.563. The highest BCUT2D eigenvalue weighted by Gasteiger charge is 2.20. The number of aliphatic hydroxyl groups is 1. The Hall–Kier alpha value is -0.610. The van der Waals surface area contributed by atoms with Gasteiger partial charge in [0.25, 0.3) is 0 Å². The normalized spacial score (nSPS) is 14.8. The highest BCUT2D eigenvalue weighted by atomic mass is 35.5. The van der Waals surface area contributed by atoms with Crippen molar-refractivity contribution in [3.05, 3.63) is 34.3 Å². The third kappa shape index (κ3) is 5.36. The summed E-state index contributed by atoms with van der Waals surface area (Å²) >= 11 is 5.91. The van der Waals surface area contributed by atoms with E-state index in [9.17, 15) is 5.11 Å². The van der Waals surface area contributed by atoms with E-state index in [1.807, 2.05) is 51.0 Å². The summed E-state index contributed by atoms with van der Waals surface area (Å²) in [6.07, 6.45) is 0. The molecule has 0 aliphatic carbocycles. The SMILES string of the molecule is Cc1cc(Cl)ccc1CNC[C@](C)(O)CN(C)C. The molecule has 1 aromatic carbocycles. The lowest BCUT2D eigenvalue weighted by Crippen LogP contribution is -2.45. The molecule has 0 amide bonds. The van der Waals surface area contributed by atoms with Gasteiger partial charge in [0.2, 0.25) is 0 Å². The van der Waals surface area contributed by atoms with Crippen LogP contribution in [0.3, 0.4) is 0 Å². The van der Waals surface area contributed by atoms with Crippen LogP contribution in [0, 0.1) is 6.92 Å². The first-order valence-corrected chi connectivity index (χ1v) is 6.51. The molecule has 0 unspecified atom stereocenters. The second kappa shape index (κ2) is 6.53. The lowest BCUT2D eigenvalue weighted by atomic mass is 10.1. The maximum absolute atomic E-state index is 10.2. The molecule has 0 bridgehead atoms. The Bertz CT molecular complexity index is 391. The van der Waals surface area contributed by atoms with E-state index in [0.717, 1.165) is 11.6 Å². The molecule has 102 valence electrons. The first-order chi connectivity index (χ1) is 8.30. The summed E-state index contributed by atoms with van der Waals surface area (Å²) in [5.74, 6) is 0. The summed E-state index contributed by atoms with van der Waals surface area (Å²) in [5, 5.41) is 14.2. The van der Waals surface area contributed by atoms with Gasteiger partial charge in [-0.3, -0.25) is 0 Å². The summed E-state index contributed by atoms with van der Waals surface area (Å²) in [6, 6.07) is 5.87. The Balaban J connectivity index is 2.46. The number of halogens is 1. The van der Waals surface area contributed by atoms with Gasteiger partial charge in [0.1, 0.15) is 0 Å². The van der Waals surface area contributed by atoms with Gasteiger partial charge in [-0.05, 0) is 51.2 Å². The van der Waals surface area contributed by atoms with Crippen LogP contribution in [-0.4, -0.2) is 42.8 Å². The summed E-state index contributed by atoms with van der Waals surface area (Å²) in [6.45, 7) is 5.83. The molecule has 0 saturated carbocycles. The van der Waals surface area contributed by atoms with E-state index in [1.165, 1.54) is 11.1 Å².